The molecule has 2 aromatic carbocycles. The number of para-hydroxylation sites is 1. The maximum atomic E-state index is 12.4. The Balaban J connectivity index is 2.29. The highest BCUT2D eigenvalue weighted by Crippen LogP contribution is 2.25. The van der Waals surface area contributed by atoms with Gasteiger partial charge in [0.15, 0.2) is 0 Å². The Morgan fingerprint density at radius 1 is 1.10 bits per heavy atom. The van der Waals surface area contributed by atoms with Gasteiger partial charge in [-0.15, -0.1) is 0 Å². The van der Waals surface area contributed by atoms with Crippen LogP contribution in [0.3, 0.4) is 0 Å². The van der Waals surface area contributed by atoms with Gasteiger partial charge in [0.25, 0.3) is 0 Å². The van der Waals surface area contributed by atoms with E-state index in [4.69, 9.17) is 0 Å². The molecule has 0 spiro atoms. The molecule has 0 aromatic heterocycles. The second kappa shape index (κ2) is 5.64. The molecule has 4 nitrogen and oxygen atoms in total. The molecule has 2 aromatic rings. The Hall–Kier alpha value is -1.85. The molecule has 5 heteroatoms. The summed E-state index contributed by atoms with van der Waals surface area (Å²) >= 11 is 0. The molecule has 0 amide bonds. The van der Waals surface area contributed by atoms with Crippen molar-refractivity contribution in [1.29, 1.82) is 0 Å². The second-order valence-electron chi connectivity index (χ2n) is 4.72. The summed E-state index contributed by atoms with van der Waals surface area (Å²) in [5, 5.41) is 9.70. The summed E-state index contributed by atoms with van der Waals surface area (Å²) in [4.78, 5) is -0.0739. The zero-order valence-corrected chi connectivity index (χ0v) is 12.3. The van der Waals surface area contributed by atoms with Gasteiger partial charge in [0, 0.05) is 13.6 Å². The SMILES string of the molecule is Cc1cccc(CN(C)S(=O)(=O)c2ccccc2O)c1. The lowest BCUT2D eigenvalue weighted by atomic mass is 10.1. The molecule has 0 aliphatic rings. The lowest BCUT2D eigenvalue weighted by molar-refractivity contribution is 0.439. The van der Waals surface area contributed by atoms with Gasteiger partial charge in [-0.2, -0.15) is 4.31 Å². The molecule has 0 saturated heterocycles. The van der Waals surface area contributed by atoms with Crippen LogP contribution in [-0.2, 0) is 16.6 Å². The molecule has 1 N–H and O–H groups in total. The number of aryl methyl sites for hydroxylation is 1. The number of sulfonamides is 1. The Morgan fingerprint density at radius 2 is 1.80 bits per heavy atom. The number of nitrogens with zero attached hydrogens (tertiary/aromatic N) is 1. The first-order valence-corrected chi connectivity index (χ1v) is 7.65. The van der Waals surface area contributed by atoms with Crippen molar-refractivity contribution in [3.63, 3.8) is 0 Å². The van der Waals surface area contributed by atoms with Crippen LogP contribution < -0.4 is 0 Å². The van der Waals surface area contributed by atoms with Gasteiger partial charge in [0.05, 0.1) is 0 Å². The lowest BCUT2D eigenvalue weighted by Crippen LogP contribution is -2.26. The van der Waals surface area contributed by atoms with E-state index < -0.39 is 10.0 Å². The molecule has 0 aliphatic heterocycles. The first-order chi connectivity index (χ1) is 9.41. The monoisotopic (exact) mass is 291 g/mol. The predicted octanol–water partition coefficient (Wildman–Crippen LogP) is 2.52. The molecular formula is C15H17NO3S. The summed E-state index contributed by atoms with van der Waals surface area (Å²) < 4.78 is 26.0. The van der Waals surface area contributed by atoms with Crippen LogP contribution in [-0.4, -0.2) is 24.9 Å². The fourth-order valence-electron chi connectivity index (χ4n) is 2.00. The standard InChI is InChI=1S/C15H17NO3S/c1-12-6-5-7-13(10-12)11-16(2)20(18,19)15-9-4-3-8-14(15)17/h3-10,17H,11H2,1-2H3. The van der Waals surface area contributed by atoms with E-state index in [9.17, 15) is 13.5 Å². The van der Waals surface area contributed by atoms with E-state index in [2.05, 4.69) is 0 Å². The van der Waals surface area contributed by atoms with Crippen molar-refractivity contribution in [3.05, 3.63) is 59.7 Å². The third-order valence-electron chi connectivity index (χ3n) is 3.04. The van der Waals surface area contributed by atoms with Crippen molar-refractivity contribution in [2.24, 2.45) is 0 Å². The molecule has 0 unspecified atom stereocenters. The van der Waals surface area contributed by atoms with Crippen LogP contribution in [0.5, 0.6) is 5.75 Å². The van der Waals surface area contributed by atoms with Gasteiger partial charge in [-0.1, -0.05) is 42.0 Å². The van der Waals surface area contributed by atoms with Crippen LogP contribution in [0.25, 0.3) is 0 Å². The highest BCUT2D eigenvalue weighted by molar-refractivity contribution is 7.89. The molecule has 0 saturated carbocycles. The first-order valence-electron chi connectivity index (χ1n) is 6.21. The number of benzene rings is 2. The number of aromatic hydroxyl groups is 1. The molecule has 106 valence electrons. The van der Waals surface area contributed by atoms with Crippen molar-refractivity contribution in [1.82, 2.24) is 4.31 Å². The number of rotatable bonds is 4. The van der Waals surface area contributed by atoms with Gasteiger partial charge in [-0.3, -0.25) is 0 Å². The van der Waals surface area contributed by atoms with Gasteiger partial charge in [-0.05, 0) is 24.6 Å². The molecule has 20 heavy (non-hydrogen) atoms. The van der Waals surface area contributed by atoms with Crippen LogP contribution in [0.2, 0.25) is 0 Å². The summed E-state index contributed by atoms with van der Waals surface area (Å²) in [7, 11) is -2.19. The topological polar surface area (TPSA) is 57.6 Å². The maximum Gasteiger partial charge on any atom is 0.246 e. The molecule has 0 heterocycles. The van der Waals surface area contributed by atoms with E-state index in [1.807, 2.05) is 31.2 Å². The lowest BCUT2D eigenvalue weighted by Gasteiger charge is -2.18. The minimum Gasteiger partial charge on any atom is -0.507 e. The maximum absolute atomic E-state index is 12.4. The number of hydrogen-bond donors (Lipinski definition) is 1. The summed E-state index contributed by atoms with van der Waals surface area (Å²) in [6, 6.07) is 13.6. The predicted molar refractivity (Wildman–Crippen MR) is 77.9 cm³/mol. The summed E-state index contributed by atoms with van der Waals surface area (Å²) in [5.41, 5.74) is 1.99. The van der Waals surface area contributed by atoms with E-state index in [-0.39, 0.29) is 17.2 Å². The normalized spacial score (nSPS) is 11.8. The number of phenolic OH excluding ortho intramolecular Hbond substituents is 1. The highest BCUT2D eigenvalue weighted by Gasteiger charge is 2.23. The van der Waals surface area contributed by atoms with Gasteiger partial charge < -0.3 is 5.11 Å². The van der Waals surface area contributed by atoms with Crippen LogP contribution in [0.15, 0.2) is 53.4 Å². The third kappa shape index (κ3) is 3.00. The van der Waals surface area contributed by atoms with E-state index in [1.54, 1.807) is 12.1 Å². The smallest absolute Gasteiger partial charge is 0.246 e. The summed E-state index contributed by atoms with van der Waals surface area (Å²) in [6.45, 7) is 2.22. The molecule has 0 atom stereocenters. The largest absolute Gasteiger partial charge is 0.507 e. The van der Waals surface area contributed by atoms with Crippen LogP contribution >= 0.6 is 0 Å². The van der Waals surface area contributed by atoms with Crippen LogP contribution in [0, 0.1) is 6.92 Å². The number of hydrogen-bond acceptors (Lipinski definition) is 3. The van der Waals surface area contributed by atoms with Gasteiger partial charge in [0.1, 0.15) is 10.6 Å². The third-order valence-corrected chi connectivity index (χ3v) is 4.89. The van der Waals surface area contributed by atoms with E-state index in [1.165, 1.54) is 23.5 Å². The molecular weight excluding hydrogens is 274 g/mol. The molecule has 2 rings (SSSR count). The number of phenols is 1. The van der Waals surface area contributed by atoms with E-state index in [0.29, 0.717) is 0 Å². The van der Waals surface area contributed by atoms with Gasteiger partial charge in [0.2, 0.25) is 10.0 Å². The zero-order valence-electron chi connectivity index (χ0n) is 11.4. The Bertz CT molecular complexity index is 711. The quantitative estimate of drug-likeness (QED) is 0.941. The van der Waals surface area contributed by atoms with Crippen LogP contribution in [0.1, 0.15) is 11.1 Å². The minimum absolute atomic E-state index is 0.0739. The first kappa shape index (κ1) is 14.6. The molecule has 0 bridgehead atoms. The average molecular weight is 291 g/mol. The second-order valence-corrected chi connectivity index (χ2v) is 6.73. The zero-order chi connectivity index (χ0) is 14.8. The summed E-state index contributed by atoms with van der Waals surface area (Å²) in [5.74, 6) is -0.233. The Morgan fingerprint density at radius 3 is 2.45 bits per heavy atom. The molecule has 0 aliphatic carbocycles. The fraction of sp³-hybridized carbons (Fsp3) is 0.200. The van der Waals surface area contributed by atoms with Crippen molar-refractivity contribution in [2.45, 2.75) is 18.4 Å². The van der Waals surface area contributed by atoms with Crippen molar-refractivity contribution < 1.29 is 13.5 Å². The summed E-state index contributed by atoms with van der Waals surface area (Å²) in [6.07, 6.45) is 0. The Kier molecular flexibility index (Phi) is 4.11. The van der Waals surface area contributed by atoms with Crippen LogP contribution in [0.4, 0.5) is 0 Å². The van der Waals surface area contributed by atoms with Crippen molar-refractivity contribution in [3.8, 4) is 5.75 Å². The molecule has 0 fully saturated rings. The fourth-order valence-corrected chi connectivity index (χ4v) is 3.23. The van der Waals surface area contributed by atoms with Gasteiger partial charge >= 0.3 is 0 Å². The highest BCUT2D eigenvalue weighted by atomic mass is 32.2. The average Bonchev–Trinajstić information content (AvgIpc) is 2.39. The Labute approximate surface area is 119 Å². The van der Waals surface area contributed by atoms with E-state index >= 15 is 0 Å². The minimum atomic E-state index is -3.70. The van der Waals surface area contributed by atoms with Gasteiger partial charge in [-0.25, -0.2) is 8.42 Å². The van der Waals surface area contributed by atoms with Crippen molar-refractivity contribution in [2.75, 3.05) is 7.05 Å². The van der Waals surface area contributed by atoms with E-state index in [0.717, 1.165) is 11.1 Å². The molecule has 0 radical (unpaired) electrons. The van der Waals surface area contributed by atoms with Crippen molar-refractivity contribution >= 4 is 10.0 Å².